The number of rotatable bonds is 3. The Bertz CT molecular complexity index is 517. The monoisotopic (exact) mass is 222 g/mol. The Hall–Kier alpha value is -2.09. The van der Waals surface area contributed by atoms with Crippen molar-refractivity contribution in [1.29, 1.82) is 0 Å². The van der Waals surface area contributed by atoms with Gasteiger partial charge in [0.05, 0.1) is 11.2 Å². The highest BCUT2D eigenvalue weighted by molar-refractivity contribution is 6.01. The van der Waals surface area contributed by atoms with Crippen molar-refractivity contribution in [3.05, 3.63) is 24.3 Å². The summed E-state index contributed by atoms with van der Waals surface area (Å²) in [4.78, 5) is 4.04. The van der Waals surface area contributed by atoms with Gasteiger partial charge in [0.25, 0.3) is 0 Å². The Morgan fingerprint density at radius 3 is 2.19 bits per heavy atom. The molecule has 6 N–H and O–H groups in total. The molecule has 1 heterocycles. The molecular weight excluding hydrogens is 212 g/mol. The predicted octanol–water partition coefficient (Wildman–Crippen LogP) is 1.64. The van der Waals surface area contributed by atoms with Crippen molar-refractivity contribution < 1.29 is 15.6 Å². The lowest BCUT2D eigenvalue weighted by molar-refractivity contribution is 0.371. The van der Waals surface area contributed by atoms with Gasteiger partial charge >= 0.3 is 0 Å². The van der Waals surface area contributed by atoms with Crippen molar-refractivity contribution in [2.24, 2.45) is 0 Å². The van der Waals surface area contributed by atoms with Crippen LogP contribution in [0.1, 0.15) is 0 Å². The fourth-order valence-electron chi connectivity index (χ4n) is 1.52. The summed E-state index contributed by atoms with van der Waals surface area (Å²) in [5.74, 6) is -0.00208. The van der Waals surface area contributed by atoms with E-state index in [0.29, 0.717) is 10.9 Å². The minimum atomic E-state index is -0.00208. The van der Waals surface area contributed by atoms with Crippen LogP contribution in [0, 0.1) is 0 Å². The van der Waals surface area contributed by atoms with E-state index in [1.54, 1.807) is 24.3 Å². The number of fused-ring (bicyclic) bond motifs is 1. The maximum absolute atomic E-state index is 9.03. The van der Waals surface area contributed by atoms with Crippen molar-refractivity contribution in [1.82, 2.24) is 4.98 Å². The number of hydrogen-bond acceptors (Lipinski definition) is 7. The van der Waals surface area contributed by atoms with Gasteiger partial charge < -0.3 is 0 Å². The molecule has 0 spiro atoms. The van der Waals surface area contributed by atoms with E-state index in [9.17, 15) is 0 Å². The fraction of sp³-hybridized carbons (Fsp3) is 0. The summed E-state index contributed by atoms with van der Waals surface area (Å²) in [6, 6.07) is 6.95. The molecule has 0 bridgehead atoms. The van der Waals surface area contributed by atoms with Crippen LogP contribution in [-0.2, 0) is 0 Å². The minimum Gasteiger partial charge on any atom is -0.291 e. The Kier molecular flexibility index (Phi) is 2.73. The van der Waals surface area contributed by atoms with E-state index >= 15 is 0 Å². The number of aromatic nitrogens is 1. The van der Waals surface area contributed by atoms with Gasteiger partial charge in [-0.05, 0) is 6.07 Å². The van der Waals surface area contributed by atoms with E-state index in [2.05, 4.69) is 4.98 Å². The van der Waals surface area contributed by atoms with Crippen LogP contribution in [0.3, 0.4) is 0 Å². The number of anilines is 3. The van der Waals surface area contributed by atoms with Gasteiger partial charge in [0.2, 0.25) is 0 Å². The maximum atomic E-state index is 9.03. The molecule has 7 heteroatoms. The topological polar surface area (TPSA) is 110 Å². The summed E-state index contributed by atoms with van der Waals surface area (Å²) < 4.78 is 0. The average molecular weight is 222 g/mol. The van der Waals surface area contributed by atoms with E-state index in [-0.39, 0.29) is 17.2 Å². The average Bonchev–Trinajstić information content (AvgIpc) is 2.36. The van der Waals surface area contributed by atoms with Crippen LogP contribution in [0.5, 0.6) is 0 Å². The molecule has 0 amide bonds. The molecule has 0 aliphatic carbocycles. The second kappa shape index (κ2) is 4.19. The van der Waals surface area contributed by atoms with Gasteiger partial charge in [0.15, 0.2) is 5.82 Å². The molecule has 0 aliphatic rings. The molecule has 2 aromatic rings. The van der Waals surface area contributed by atoms with Gasteiger partial charge in [0, 0.05) is 5.39 Å². The van der Waals surface area contributed by atoms with E-state index in [1.807, 2.05) is 16.4 Å². The molecule has 7 nitrogen and oxygen atoms in total. The molecule has 2 rings (SSSR count). The first kappa shape index (κ1) is 10.4. The highest BCUT2D eigenvalue weighted by atomic mass is 16.5. The number of hydrogen-bond donors (Lipinski definition) is 6. The van der Waals surface area contributed by atoms with Crippen LogP contribution in [-0.4, -0.2) is 20.6 Å². The Balaban J connectivity index is 2.82. The molecule has 1 aromatic carbocycles. The molecule has 16 heavy (non-hydrogen) atoms. The molecular formula is C9H10N4O3. The zero-order valence-electron chi connectivity index (χ0n) is 8.10. The summed E-state index contributed by atoms with van der Waals surface area (Å²) in [7, 11) is 0. The summed E-state index contributed by atoms with van der Waals surface area (Å²) in [6.07, 6.45) is 0. The first-order chi connectivity index (χ1) is 7.81. The molecule has 1 aromatic heterocycles. The summed E-state index contributed by atoms with van der Waals surface area (Å²) in [5.41, 5.74) is 6.44. The van der Waals surface area contributed by atoms with E-state index in [4.69, 9.17) is 15.6 Å². The smallest absolute Gasteiger partial charge is 0.178 e. The lowest BCUT2D eigenvalue weighted by Crippen LogP contribution is -2.05. The highest BCUT2D eigenvalue weighted by Gasteiger charge is 2.13. The number of pyridine rings is 1. The van der Waals surface area contributed by atoms with Gasteiger partial charge in [-0.1, -0.05) is 18.2 Å². The van der Waals surface area contributed by atoms with Crippen LogP contribution >= 0.6 is 0 Å². The molecule has 0 radical (unpaired) electrons. The SMILES string of the molecule is ONc1nc2ccccc2c(NO)c1NO. The first-order valence-corrected chi connectivity index (χ1v) is 4.45. The van der Waals surface area contributed by atoms with Crippen molar-refractivity contribution in [2.45, 2.75) is 0 Å². The molecule has 0 fully saturated rings. The predicted molar refractivity (Wildman–Crippen MR) is 58.0 cm³/mol. The zero-order valence-corrected chi connectivity index (χ0v) is 8.10. The Morgan fingerprint density at radius 2 is 1.56 bits per heavy atom. The maximum Gasteiger partial charge on any atom is 0.178 e. The molecule has 0 saturated carbocycles. The molecule has 0 aliphatic heterocycles. The Labute approximate surface area is 90.2 Å². The van der Waals surface area contributed by atoms with Crippen molar-refractivity contribution in [2.75, 3.05) is 16.4 Å². The van der Waals surface area contributed by atoms with Crippen molar-refractivity contribution in [3.63, 3.8) is 0 Å². The number of nitrogens with one attached hydrogen (secondary N) is 3. The minimum absolute atomic E-state index is 0.00208. The van der Waals surface area contributed by atoms with Gasteiger partial charge in [-0.2, -0.15) is 0 Å². The lowest BCUT2D eigenvalue weighted by Gasteiger charge is -2.13. The fourth-order valence-corrected chi connectivity index (χ4v) is 1.52. The second-order valence-corrected chi connectivity index (χ2v) is 3.06. The van der Waals surface area contributed by atoms with Crippen LogP contribution in [0.4, 0.5) is 17.2 Å². The zero-order chi connectivity index (χ0) is 11.5. The van der Waals surface area contributed by atoms with Gasteiger partial charge in [0.1, 0.15) is 5.69 Å². The molecule has 0 unspecified atom stereocenters. The number of para-hydroxylation sites is 1. The Morgan fingerprint density at radius 1 is 0.875 bits per heavy atom. The van der Waals surface area contributed by atoms with E-state index < -0.39 is 0 Å². The first-order valence-electron chi connectivity index (χ1n) is 4.45. The molecule has 84 valence electrons. The standard InChI is InChI=1S/C9H10N4O3/c14-11-7-5-3-1-2-4-6(5)10-9(13-16)8(7)12-15/h1-4,12,14-16H,(H2,10,11,13). The summed E-state index contributed by atoms with van der Waals surface area (Å²) in [6.45, 7) is 0. The normalized spacial score (nSPS) is 10.2. The third kappa shape index (κ3) is 1.48. The summed E-state index contributed by atoms with van der Waals surface area (Å²) in [5, 5.41) is 27.4. The third-order valence-corrected chi connectivity index (χ3v) is 2.22. The number of nitrogens with zero attached hydrogens (tertiary/aromatic N) is 1. The van der Waals surface area contributed by atoms with Gasteiger partial charge in [-0.15, -0.1) is 0 Å². The molecule has 0 saturated heterocycles. The van der Waals surface area contributed by atoms with Gasteiger partial charge in [-0.3, -0.25) is 32.1 Å². The van der Waals surface area contributed by atoms with Crippen LogP contribution in [0.2, 0.25) is 0 Å². The van der Waals surface area contributed by atoms with Crippen molar-refractivity contribution >= 4 is 28.1 Å². The van der Waals surface area contributed by atoms with Gasteiger partial charge in [-0.25, -0.2) is 4.98 Å². The number of benzene rings is 1. The lowest BCUT2D eigenvalue weighted by atomic mass is 10.1. The highest BCUT2D eigenvalue weighted by Crippen LogP contribution is 2.34. The largest absolute Gasteiger partial charge is 0.291 e. The third-order valence-electron chi connectivity index (χ3n) is 2.22. The van der Waals surface area contributed by atoms with Crippen LogP contribution < -0.4 is 16.4 Å². The summed E-state index contributed by atoms with van der Waals surface area (Å²) >= 11 is 0. The second-order valence-electron chi connectivity index (χ2n) is 3.06. The van der Waals surface area contributed by atoms with E-state index in [1.165, 1.54) is 0 Å². The van der Waals surface area contributed by atoms with Crippen molar-refractivity contribution in [3.8, 4) is 0 Å². The van der Waals surface area contributed by atoms with Crippen LogP contribution in [0.15, 0.2) is 24.3 Å². The van der Waals surface area contributed by atoms with Crippen LogP contribution in [0.25, 0.3) is 10.9 Å². The molecule has 0 atom stereocenters. The quantitative estimate of drug-likeness (QED) is 0.438. The van der Waals surface area contributed by atoms with E-state index in [0.717, 1.165) is 0 Å².